The van der Waals surface area contributed by atoms with Gasteiger partial charge in [-0.2, -0.15) is 0 Å². The number of carboxylic acid groups (broad SMARTS) is 1. The average Bonchev–Trinajstić information content (AvgIpc) is 3.36. The minimum Gasteiger partial charge on any atom is -0.491 e. The van der Waals surface area contributed by atoms with E-state index in [1.165, 1.54) is 5.56 Å². The molecule has 0 aliphatic heterocycles. The van der Waals surface area contributed by atoms with E-state index in [1.807, 2.05) is 48.5 Å². The Labute approximate surface area is 234 Å². The second kappa shape index (κ2) is 10.7. The van der Waals surface area contributed by atoms with Gasteiger partial charge >= 0.3 is 5.97 Å². The van der Waals surface area contributed by atoms with Crippen LogP contribution >= 0.6 is 0 Å². The van der Waals surface area contributed by atoms with E-state index in [4.69, 9.17) is 4.74 Å². The lowest BCUT2D eigenvalue weighted by molar-refractivity contribution is 0.0697. The molecule has 0 aliphatic rings. The molecule has 0 saturated heterocycles. The Bertz CT molecular complexity index is 1840. The van der Waals surface area contributed by atoms with Gasteiger partial charge in [0.05, 0.1) is 12.1 Å². The molecule has 1 aromatic heterocycles. The van der Waals surface area contributed by atoms with Crippen molar-refractivity contribution in [3.8, 4) is 28.0 Å². The molecule has 0 atom stereocenters. The number of carboxylic acids is 1. The number of rotatable bonds is 8. The van der Waals surface area contributed by atoms with Crippen molar-refractivity contribution in [3.63, 3.8) is 0 Å². The molecule has 6 aromatic rings. The summed E-state index contributed by atoms with van der Waals surface area (Å²) >= 11 is 0. The fourth-order valence-electron chi connectivity index (χ4n) is 5.69. The third-order valence-corrected chi connectivity index (χ3v) is 7.57. The first kappa shape index (κ1) is 25.4. The number of aromatic nitrogens is 1. The maximum Gasteiger partial charge on any atom is 0.336 e. The van der Waals surface area contributed by atoms with E-state index in [-0.39, 0.29) is 0 Å². The lowest BCUT2D eigenvalue weighted by Crippen LogP contribution is -2.07. The van der Waals surface area contributed by atoms with Gasteiger partial charge in [-0.15, -0.1) is 0 Å². The van der Waals surface area contributed by atoms with Crippen LogP contribution in [0.1, 0.15) is 35.7 Å². The van der Waals surface area contributed by atoms with Crippen molar-refractivity contribution in [2.75, 3.05) is 6.61 Å². The second-order valence-electron chi connectivity index (χ2n) is 10.4. The highest BCUT2D eigenvalue weighted by Gasteiger charge is 2.20. The predicted molar refractivity (Wildman–Crippen MR) is 163 cm³/mol. The van der Waals surface area contributed by atoms with Crippen LogP contribution in [0.3, 0.4) is 0 Å². The van der Waals surface area contributed by atoms with Crippen LogP contribution in [0.15, 0.2) is 115 Å². The number of carbonyl (C=O) groups is 1. The minimum absolute atomic E-state index is 0.296. The highest BCUT2D eigenvalue weighted by molar-refractivity contribution is 6.09. The van der Waals surface area contributed by atoms with Gasteiger partial charge in [0.25, 0.3) is 0 Å². The van der Waals surface area contributed by atoms with Gasteiger partial charge in [-0.25, -0.2) is 4.79 Å². The Morgan fingerprint density at radius 2 is 1.43 bits per heavy atom. The third-order valence-electron chi connectivity index (χ3n) is 7.57. The number of aromatic carboxylic acids is 1. The summed E-state index contributed by atoms with van der Waals surface area (Å²) < 4.78 is 8.55. The average molecular weight is 526 g/mol. The van der Waals surface area contributed by atoms with Crippen LogP contribution in [-0.4, -0.2) is 22.2 Å². The molecule has 5 aromatic carbocycles. The summed E-state index contributed by atoms with van der Waals surface area (Å²) in [5.74, 6) is 0.276. The van der Waals surface area contributed by atoms with Gasteiger partial charge in [0, 0.05) is 28.0 Å². The number of nitrogens with zero attached hydrogens (tertiary/aromatic N) is 1. The van der Waals surface area contributed by atoms with Gasteiger partial charge in [0.2, 0.25) is 0 Å². The third kappa shape index (κ3) is 4.62. The van der Waals surface area contributed by atoms with Crippen LogP contribution in [0.5, 0.6) is 5.75 Å². The minimum atomic E-state index is -0.931. The number of hydrogen-bond donors (Lipinski definition) is 1. The number of hydrogen-bond acceptors (Lipinski definition) is 2. The summed E-state index contributed by atoms with van der Waals surface area (Å²) in [6, 6.07) is 36.3. The van der Waals surface area contributed by atoms with Crippen LogP contribution < -0.4 is 4.74 Å². The molecule has 6 rings (SSSR count). The van der Waals surface area contributed by atoms with Gasteiger partial charge in [0.1, 0.15) is 12.4 Å². The quantitative estimate of drug-likeness (QED) is 0.216. The van der Waals surface area contributed by atoms with E-state index >= 15 is 0 Å². The molecule has 0 amide bonds. The fraction of sp³-hybridized carbons (Fsp3) is 0.139. The standard InChI is InChI=1S/C36H31NO3/c1-24(2)26-13-5-6-15-28(26)32-23-37(21-22-40-34-20-9-12-25-11-3-4-14-27(25)34)33-19-10-18-30(35(32)33)29-16-7-8-17-31(29)36(38)39/h3-20,23-24H,21-22H2,1-2H3,(H,38,39). The van der Waals surface area contributed by atoms with Gasteiger partial charge < -0.3 is 14.4 Å². The SMILES string of the molecule is CC(C)c1ccccc1-c1cn(CCOc2cccc3ccccc23)c2cccc(-c3ccccc3C(=O)O)c12. The first-order valence-corrected chi connectivity index (χ1v) is 13.7. The summed E-state index contributed by atoms with van der Waals surface area (Å²) in [6.07, 6.45) is 2.20. The molecule has 1 N–H and O–H groups in total. The Kier molecular flexibility index (Phi) is 6.83. The van der Waals surface area contributed by atoms with E-state index in [2.05, 4.69) is 73.1 Å². The maximum absolute atomic E-state index is 12.2. The van der Waals surface area contributed by atoms with Gasteiger partial charge in [-0.3, -0.25) is 0 Å². The molecule has 1 heterocycles. The van der Waals surface area contributed by atoms with Gasteiger partial charge in [-0.1, -0.05) is 105 Å². The van der Waals surface area contributed by atoms with Crippen LogP contribution in [0.25, 0.3) is 43.9 Å². The van der Waals surface area contributed by atoms with Crippen LogP contribution in [0.4, 0.5) is 0 Å². The number of ether oxygens (including phenoxy) is 1. The monoisotopic (exact) mass is 525 g/mol. The van der Waals surface area contributed by atoms with Crippen molar-refractivity contribution in [2.45, 2.75) is 26.3 Å². The summed E-state index contributed by atoms with van der Waals surface area (Å²) in [5, 5.41) is 13.3. The van der Waals surface area contributed by atoms with Crippen LogP contribution in [-0.2, 0) is 6.54 Å². The molecule has 0 unspecified atom stereocenters. The van der Waals surface area contributed by atoms with E-state index in [0.29, 0.717) is 30.2 Å². The first-order valence-electron chi connectivity index (χ1n) is 13.7. The molecule has 0 saturated carbocycles. The molecule has 4 heteroatoms. The molecule has 40 heavy (non-hydrogen) atoms. The lowest BCUT2D eigenvalue weighted by atomic mass is 9.89. The number of fused-ring (bicyclic) bond motifs is 2. The Morgan fingerprint density at radius 3 is 2.25 bits per heavy atom. The van der Waals surface area contributed by atoms with Gasteiger partial charge in [-0.05, 0) is 51.8 Å². The summed E-state index contributed by atoms with van der Waals surface area (Å²) in [5.41, 5.74) is 6.50. The highest BCUT2D eigenvalue weighted by Crippen LogP contribution is 2.41. The predicted octanol–water partition coefficient (Wildman–Crippen LogP) is 9.03. The Balaban J connectivity index is 1.48. The highest BCUT2D eigenvalue weighted by atomic mass is 16.5. The zero-order valence-corrected chi connectivity index (χ0v) is 22.7. The molecule has 0 fully saturated rings. The van der Waals surface area contributed by atoms with E-state index < -0.39 is 5.97 Å². The largest absolute Gasteiger partial charge is 0.491 e. The Hall–Kier alpha value is -4.83. The molecular weight excluding hydrogens is 494 g/mol. The van der Waals surface area contributed by atoms with Gasteiger partial charge in [0.15, 0.2) is 0 Å². The van der Waals surface area contributed by atoms with Crippen LogP contribution in [0.2, 0.25) is 0 Å². The Morgan fingerprint density at radius 1 is 0.750 bits per heavy atom. The summed E-state index contributed by atoms with van der Waals surface area (Å²) in [6.45, 7) is 5.56. The normalized spacial score (nSPS) is 11.4. The lowest BCUT2D eigenvalue weighted by Gasteiger charge is -2.14. The van der Waals surface area contributed by atoms with Crippen molar-refractivity contribution in [1.29, 1.82) is 0 Å². The van der Waals surface area contributed by atoms with E-state index in [0.717, 1.165) is 44.1 Å². The zero-order valence-electron chi connectivity index (χ0n) is 22.7. The maximum atomic E-state index is 12.2. The van der Waals surface area contributed by atoms with Crippen molar-refractivity contribution in [2.24, 2.45) is 0 Å². The molecule has 0 bridgehead atoms. The summed E-state index contributed by atoms with van der Waals surface area (Å²) in [7, 11) is 0. The smallest absolute Gasteiger partial charge is 0.336 e. The van der Waals surface area contributed by atoms with Crippen molar-refractivity contribution in [1.82, 2.24) is 4.57 Å². The van der Waals surface area contributed by atoms with E-state index in [1.54, 1.807) is 12.1 Å². The van der Waals surface area contributed by atoms with Crippen molar-refractivity contribution < 1.29 is 14.6 Å². The first-order chi connectivity index (χ1) is 19.5. The summed E-state index contributed by atoms with van der Waals surface area (Å²) in [4.78, 5) is 12.2. The molecule has 0 spiro atoms. The number of benzene rings is 5. The molecule has 0 aliphatic carbocycles. The molecular formula is C36H31NO3. The molecule has 4 nitrogen and oxygen atoms in total. The molecule has 0 radical (unpaired) electrons. The van der Waals surface area contributed by atoms with E-state index in [9.17, 15) is 9.90 Å². The van der Waals surface area contributed by atoms with Crippen LogP contribution in [0, 0.1) is 0 Å². The van der Waals surface area contributed by atoms with Crippen molar-refractivity contribution in [3.05, 3.63) is 127 Å². The molecule has 198 valence electrons. The van der Waals surface area contributed by atoms with Crippen molar-refractivity contribution >= 4 is 27.6 Å². The fourth-order valence-corrected chi connectivity index (χ4v) is 5.69. The topological polar surface area (TPSA) is 51.5 Å². The zero-order chi connectivity index (χ0) is 27.6. The second-order valence-corrected chi connectivity index (χ2v) is 10.4.